The summed E-state index contributed by atoms with van der Waals surface area (Å²) in [5.74, 6) is -1.90. The van der Waals surface area contributed by atoms with Crippen LogP contribution in [0.5, 0.6) is 11.5 Å². The van der Waals surface area contributed by atoms with Crippen LogP contribution in [-0.4, -0.2) is 27.8 Å². The predicted molar refractivity (Wildman–Crippen MR) is 269 cm³/mol. The fourth-order valence-corrected chi connectivity index (χ4v) is 8.37. The van der Waals surface area contributed by atoms with Gasteiger partial charge >= 0.3 is 0 Å². The zero-order valence-corrected chi connectivity index (χ0v) is 37.0. The van der Waals surface area contributed by atoms with Gasteiger partial charge in [-0.15, -0.1) is 10.2 Å². The summed E-state index contributed by atoms with van der Waals surface area (Å²) in [5.41, 5.74) is 6.40. The largest absolute Gasteiger partial charge is 0.505 e. The number of anilines is 2. The van der Waals surface area contributed by atoms with E-state index in [1.54, 1.807) is 103 Å². The third-order valence-corrected chi connectivity index (χ3v) is 12.1. The Morgan fingerprint density at radius 3 is 1.62 bits per heavy atom. The molecule has 0 atom stereocenters. The number of benzene rings is 8. The third-order valence-electron chi connectivity index (χ3n) is 11.5. The van der Waals surface area contributed by atoms with Crippen LogP contribution in [0.25, 0.3) is 39.3 Å². The number of rotatable bonds is 10. The van der Waals surface area contributed by atoms with E-state index in [0.717, 1.165) is 22.3 Å². The molecule has 0 radical (unpaired) electrons. The Morgan fingerprint density at radius 1 is 0.529 bits per heavy atom. The zero-order valence-electron chi connectivity index (χ0n) is 35.5. The number of phenols is 2. The van der Waals surface area contributed by atoms with Crippen LogP contribution >= 0.6 is 23.2 Å². The minimum Gasteiger partial charge on any atom is -0.505 e. The van der Waals surface area contributed by atoms with Crippen molar-refractivity contribution in [3.8, 4) is 11.5 Å². The highest BCUT2D eigenvalue weighted by Crippen LogP contribution is 2.44. The average Bonchev–Trinajstić information content (AvgIpc) is 3.73. The Hall–Kier alpha value is -8.77. The van der Waals surface area contributed by atoms with Crippen LogP contribution < -0.4 is 10.6 Å². The van der Waals surface area contributed by atoms with Gasteiger partial charge in [-0.1, -0.05) is 139 Å². The molecule has 328 valence electrons. The fourth-order valence-electron chi connectivity index (χ4n) is 8.00. The number of phenolic OH excluding ortho intramolecular Hbond substituents is 2. The summed E-state index contributed by atoms with van der Waals surface area (Å²) < 4.78 is 0. The maximum Gasteiger partial charge on any atom is 0.259 e. The van der Waals surface area contributed by atoms with E-state index in [4.69, 9.17) is 23.2 Å². The van der Waals surface area contributed by atoms with Crippen LogP contribution in [0.15, 0.2) is 201 Å². The highest BCUT2D eigenvalue weighted by Gasteiger charge is 2.28. The Labute approximate surface area is 398 Å². The molecular formula is C55H34Cl2N6O5. The van der Waals surface area contributed by atoms with E-state index >= 15 is 0 Å². The highest BCUT2D eigenvalue weighted by atomic mass is 35.5. The van der Waals surface area contributed by atoms with Gasteiger partial charge in [-0.05, 0) is 99.8 Å². The van der Waals surface area contributed by atoms with E-state index in [1.807, 2.05) is 78.9 Å². The Bertz CT molecular complexity index is 3630. The number of Topliss-reactive ketones (excluding diaryl/α,β-unsaturated/α-hetero) is 1. The first-order valence-electron chi connectivity index (χ1n) is 21.2. The number of ketones is 1. The van der Waals surface area contributed by atoms with Gasteiger partial charge in [-0.3, -0.25) is 14.4 Å². The van der Waals surface area contributed by atoms with E-state index in [9.17, 15) is 24.6 Å². The van der Waals surface area contributed by atoms with Gasteiger partial charge in [0.05, 0.1) is 43.9 Å². The zero-order chi connectivity index (χ0) is 46.9. The first-order valence-corrected chi connectivity index (χ1v) is 21.9. The first-order chi connectivity index (χ1) is 33.1. The number of aromatic hydroxyl groups is 2. The normalized spacial score (nSPS) is 13.2. The molecule has 13 heteroatoms. The van der Waals surface area contributed by atoms with Crippen molar-refractivity contribution in [2.24, 2.45) is 20.5 Å². The molecule has 0 saturated carbocycles. The average molecular weight is 930 g/mol. The van der Waals surface area contributed by atoms with Crippen molar-refractivity contribution in [2.45, 2.75) is 0 Å². The van der Waals surface area contributed by atoms with E-state index in [0.29, 0.717) is 65.5 Å². The van der Waals surface area contributed by atoms with E-state index in [2.05, 4.69) is 31.1 Å². The molecule has 8 aromatic rings. The molecule has 0 bridgehead atoms. The number of hydrogen-bond acceptors (Lipinski definition) is 9. The molecular weight excluding hydrogens is 896 g/mol. The summed E-state index contributed by atoms with van der Waals surface area (Å²) in [6.07, 6.45) is 9.14. The number of para-hydroxylation sites is 2. The molecule has 2 aliphatic rings. The molecule has 0 aromatic heterocycles. The number of carbonyl (C=O) groups is 3. The summed E-state index contributed by atoms with van der Waals surface area (Å²) in [5, 5.41) is 49.2. The molecule has 68 heavy (non-hydrogen) atoms. The van der Waals surface area contributed by atoms with Crippen LogP contribution in [0, 0.1) is 0 Å². The lowest BCUT2D eigenvalue weighted by Crippen LogP contribution is -2.12. The number of hydrogen-bond donors (Lipinski definition) is 4. The van der Waals surface area contributed by atoms with Gasteiger partial charge < -0.3 is 20.8 Å². The standard InChI is InChI=1S/C55H34Cl2N6O5/c56-45-13-5-7-15-47(45)58-54(67)43-28-33-9-1-3-11-39(33)49(52(43)65)62-60-36-22-18-31(19-23-36)17-20-32-21-25-41-38-26-24-37(27-35(38)30-42(41)51(32)64)61-63-50-40-12-4-2-10-34(40)29-44(53(50)66)55(68)59-48-16-8-6-14-46(48)57/h1-30,65-66H,(H,58,67)(H,59,68). The Balaban J connectivity index is 0.840. The molecule has 2 aliphatic carbocycles. The molecule has 8 aromatic carbocycles. The molecule has 0 spiro atoms. The van der Waals surface area contributed by atoms with Gasteiger partial charge in [0.2, 0.25) is 0 Å². The van der Waals surface area contributed by atoms with Crippen LogP contribution in [-0.2, 0) is 4.79 Å². The topological polar surface area (TPSA) is 165 Å². The highest BCUT2D eigenvalue weighted by molar-refractivity contribution is 6.34. The van der Waals surface area contributed by atoms with Crippen molar-refractivity contribution in [2.75, 3.05) is 10.6 Å². The van der Waals surface area contributed by atoms with E-state index < -0.39 is 11.8 Å². The second-order valence-electron chi connectivity index (χ2n) is 15.7. The van der Waals surface area contributed by atoms with Crippen molar-refractivity contribution in [1.29, 1.82) is 0 Å². The van der Waals surface area contributed by atoms with Gasteiger partial charge in [-0.2, -0.15) is 10.2 Å². The smallest absolute Gasteiger partial charge is 0.259 e. The summed E-state index contributed by atoms with van der Waals surface area (Å²) in [4.78, 5) is 40.5. The van der Waals surface area contributed by atoms with Crippen molar-refractivity contribution in [1.82, 2.24) is 0 Å². The van der Waals surface area contributed by atoms with Crippen molar-refractivity contribution in [3.05, 3.63) is 219 Å². The van der Waals surface area contributed by atoms with Crippen molar-refractivity contribution < 1.29 is 24.6 Å². The third kappa shape index (κ3) is 8.46. The molecule has 0 unspecified atom stereocenters. The van der Waals surface area contributed by atoms with Crippen molar-refractivity contribution >= 4 is 114 Å². The molecule has 4 N–H and O–H groups in total. The minimum absolute atomic E-state index is 0.0103. The summed E-state index contributed by atoms with van der Waals surface area (Å²) >= 11 is 12.5. The maximum absolute atomic E-state index is 13.8. The number of nitrogens with zero attached hydrogens (tertiary/aromatic N) is 4. The molecule has 0 saturated heterocycles. The monoisotopic (exact) mass is 928 g/mol. The number of azo groups is 2. The fraction of sp³-hybridized carbons (Fsp3) is 0. The Kier molecular flexibility index (Phi) is 11.6. The quantitative estimate of drug-likeness (QED) is 0.100. The number of nitrogens with one attached hydrogen (secondary N) is 2. The number of fused-ring (bicyclic) bond motifs is 5. The lowest BCUT2D eigenvalue weighted by Gasteiger charge is -2.12. The molecule has 0 aliphatic heterocycles. The lowest BCUT2D eigenvalue weighted by atomic mass is 9.91. The molecule has 11 nitrogen and oxygen atoms in total. The second-order valence-corrected chi connectivity index (χ2v) is 16.6. The number of allylic oxidation sites excluding steroid dienone is 6. The molecule has 2 amide bonds. The number of carbonyl (C=O) groups excluding carboxylic acids is 3. The van der Waals surface area contributed by atoms with Gasteiger partial charge in [0.15, 0.2) is 17.3 Å². The van der Waals surface area contributed by atoms with Gasteiger partial charge in [0, 0.05) is 21.9 Å². The van der Waals surface area contributed by atoms with Crippen LogP contribution in [0.1, 0.15) is 37.4 Å². The minimum atomic E-state index is -0.558. The van der Waals surface area contributed by atoms with E-state index in [1.165, 1.54) is 0 Å². The molecule has 0 fully saturated rings. The molecule has 0 heterocycles. The predicted octanol–water partition coefficient (Wildman–Crippen LogP) is 15.0. The van der Waals surface area contributed by atoms with Gasteiger partial charge in [-0.25, -0.2) is 0 Å². The lowest BCUT2D eigenvalue weighted by molar-refractivity contribution is -0.111. The number of amides is 2. The summed E-state index contributed by atoms with van der Waals surface area (Å²) in [7, 11) is 0. The van der Waals surface area contributed by atoms with Gasteiger partial charge in [0.1, 0.15) is 11.4 Å². The summed E-state index contributed by atoms with van der Waals surface area (Å²) in [6, 6.07) is 44.0. The van der Waals surface area contributed by atoms with Crippen molar-refractivity contribution in [3.63, 3.8) is 0 Å². The first kappa shape index (κ1) is 43.1. The Morgan fingerprint density at radius 2 is 1.04 bits per heavy atom. The van der Waals surface area contributed by atoms with Crippen LogP contribution in [0.2, 0.25) is 10.0 Å². The van der Waals surface area contributed by atoms with E-state index in [-0.39, 0.29) is 39.8 Å². The van der Waals surface area contributed by atoms with Crippen LogP contribution in [0.4, 0.5) is 34.1 Å². The second kappa shape index (κ2) is 18.2. The van der Waals surface area contributed by atoms with Crippen LogP contribution in [0.3, 0.4) is 0 Å². The SMILES string of the molecule is O=C1C(C=Cc2ccc(N=Nc3c(O)c(C(=O)Nc4ccccc4Cl)cc4ccccc34)cc2)=CC=C2C1=Cc1cc(N=Nc3c(O)c(C(=O)Nc4ccccc4Cl)cc4ccccc34)ccc12. The maximum atomic E-state index is 13.8. The summed E-state index contributed by atoms with van der Waals surface area (Å²) in [6.45, 7) is 0. The molecule has 10 rings (SSSR count). The number of halogens is 2. The van der Waals surface area contributed by atoms with Gasteiger partial charge in [0.25, 0.3) is 11.8 Å².